The summed E-state index contributed by atoms with van der Waals surface area (Å²) in [7, 11) is 0. The highest BCUT2D eigenvalue weighted by atomic mass is 32.1. The van der Waals surface area contributed by atoms with Crippen LogP contribution in [0, 0.1) is 0 Å². The lowest BCUT2D eigenvalue weighted by Gasteiger charge is -1.98. The molecule has 1 heterocycles. The molecule has 1 aromatic rings. The first kappa shape index (κ1) is 8.68. The van der Waals surface area contributed by atoms with E-state index in [0.29, 0.717) is 0 Å². The number of hydrogen-bond acceptors (Lipinski definition) is 2. The molecule has 1 rings (SSSR count). The Bertz CT molecular complexity index is 220. The van der Waals surface area contributed by atoms with Gasteiger partial charge in [0.05, 0.1) is 17.9 Å². The lowest BCUT2D eigenvalue weighted by molar-refractivity contribution is -0.696. The van der Waals surface area contributed by atoms with Crippen molar-refractivity contribution < 1.29 is 9.67 Å². The molecule has 0 radical (unpaired) electrons. The van der Waals surface area contributed by atoms with Crippen molar-refractivity contribution >= 4 is 11.3 Å². The minimum Gasteiger partial charge on any atom is -0.393 e. The van der Waals surface area contributed by atoms with E-state index in [1.165, 1.54) is 5.01 Å². The fourth-order valence-corrected chi connectivity index (χ4v) is 2.06. The Labute approximate surface area is 71.1 Å². The van der Waals surface area contributed by atoms with Crippen molar-refractivity contribution in [1.29, 1.82) is 0 Å². The third-order valence-corrected chi connectivity index (χ3v) is 2.51. The van der Waals surface area contributed by atoms with E-state index in [0.717, 1.165) is 13.0 Å². The summed E-state index contributed by atoms with van der Waals surface area (Å²) < 4.78 is 2.16. The van der Waals surface area contributed by atoms with E-state index in [1.54, 1.807) is 11.3 Å². The van der Waals surface area contributed by atoms with Gasteiger partial charge in [-0.1, -0.05) is 11.3 Å². The lowest BCUT2D eigenvalue weighted by atomic mass is 10.3. The number of aliphatic hydroxyl groups is 1. The molecule has 0 bridgehead atoms. The van der Waals surface area contributed by atoms with Crippen molar-refractivity contribution in [3.05, 3.63) is 16.6 Å². The van der Waals surface area contributed by atoms with Gasteiger partial charge in [-0.3, -0.25) is 0 Å². The zero-order chi connectivity index (χ0) is 8.27. The molecule has 1 atom stereocenters. The van der Waals surface area contributed by atoms with Gasteiger partial charge in [0.15, 0.2) is 6.20 Å². The van der Waals surface area contributed by atoms with E-state index in [2.05, 4.69) is 23.1 Å². The molecule has 0 saturated carbocycles. The fourth-order valence-electron chi connectivity index (χ4n) is 1.03. The molecule has 11 heavy (non-hydrogen) atoms. The van der Waals surface area contributed by atoms with Crippen molar-refractivity contribution in [2.75, 3.05) is 0 Å². The number of thiazole rings is 1. The molecule has 0 amide bonds. The van der Waals surface area contributed by atoms with Gasteiger partial charge in [0.25, 0.3) is 0 Å². The van der Waals surface area contributed by atoms with Gasteiger partial charge in [-0.25, -0.2) is 0 Å². The van der Waals surface area contributed by atoms with E-state index >= 15 is 0 Å². The van der Waals surface area contributed by atoms with Gasteiger partial charge in [0.2, 0.25) is 5.01 Å². The quantitative estimate of drug-likeness (QED) is 0.675. The SMILES string of the molecule is CC[n+]1ccsc1CC(C)O. The van der Waals surface area contributed by atoms with Gasteiger partial charge in [-0.15, -0.1) is 0 Å². The summed E-state index contributed by atoms with van der Waals surface area (Å²) in [5.74, 6) is 0. The first-order chi connectivity index (χ1) is 5.24. The zero-order valence-corrected chi connectivity index (χ0v) is 7.77. The van der Waals surface area contributed by atoms with Crippen LogP contribution < -0.4 is 4.57 Å². The Balaban J connectivity index is 2.68. The molecule has 0 aromatic carbocycles. The molecule has 1 N–H and O–H groups in total. The fraction of sp³-hybridized carbons (Fsp3) is 0.625. The molecule has 62 valence electrons. The summed E-state index contributed by atoms with van der Waals surface area (Å²) in [5, 5.41) is 12.4. The predicted molar refractivity (Wildman–Crippen MR) is 45.6 cm³/mol. The summed E-state index contributed by atoms with van der Waals surface area (Å²) in [6, 6.07) is 0. The van der Waals surface area contributed by atoms with Crippen LogP contribution in [-0.4, -0.2) is 11.2 Å². The Morgan fingerprint density at radius 1 is 1.73 bits per heavy atom. The van der Waals surface area contributed by atoms with Crippen LogP contribution in [0.1, 0.15) is 18.9 Å². The largest absolute Gasteiger partial charge is 0.393 e. The Kier molecular flexibility index (Phi) is 3.02. The third-order valence-electron chi connectivity index (χ3n) is 1.58. The summed E-state index contributed by atoms with van der Waals surface area (Å²) in [4.78, 5) is 0. The summed E-state index contributed by atoms with van der Waals surface area (Å²) in [6.07, 6.45) is 2.60. The second kappa shape index (κ2) is 3.83. The highest BCUT2D eigenvalue weighted by molar-refractivity contribution is 7.09. The van der Waals surface area contributed by atoms with Gasteiger partial charge in [-0.2, -0.15) is 4.57 Å². The second-order valence-corrected chi connectivity index (χ2v) is 3.62. The number of rotatable bonds is 3. The second-order valence-electron chi connectivity index (χ2n) is 2.64. The highest BCUT2D eigenvalue weighted by Gasteiger charge is 2.12. The Hall–Kier alpha value is -0.410. The maximum absolute atomic E-state index is 9.14. The topological polar surface area (TPSA) is 24.1 Å². The maximum Gasteiger partial charge on any atom is 0.239 e. The van der Waals surface area contributed by atoms with Crippen LogP contribution in [0.2, 0.25) is 0 Å². The first-order valence-corrected chi connectivity index (χ1v) is 4.76. The molecule has 1 unspecified atom stereocenters. The molecular formula is C8H14NOS+. The number of aliphatic hydroxyl groups excluding tert-OH is 1. The molecular weight excluding hydrogens is 158 g/mol. The van der Waals surface area contributed by atoms with Crippen molar-refractivity contribution in [3.63, 3.8) is 0 Å². The van der Waals surface area contributed by atoms with E-state index in [4.69, 9.17) is 5.11 Å². The van der Waals surface area contributed by atoms with Gasteiger partial charge in [-0.05, 0) is 13.8 Å². The maximum atomic E-state index is 9.14. The van der Waals surface area contributed by atoms with Crippen molar-refractivity contribution in [3.8, 4) is 0 Å². The molecule has 0 saturated heterocycles. The highest BCUT2D eigenvalue weighted by Crippen LogP contribution is 2.05. The van der Waals surface area contributed by atoms with Crippen LogP contribution >= 0.6 is 11.3 Å². The van der Waals surface area contributed by atoms with E-state index in [1.807, 2.05) is 6.92 Å². The van der Waals surface area contributed by atoms with Gasteiger partial charge < -0.3 is 5.11 Å². The van der Waals surface area contributed by atoms with Crippen molar-refractivity contribution in [2.24, 2.45) is 0 Å². The molecule has 0 aliphatic carbocycles. The standard InChI is InChI=1S/C8H14NOS/c1-3-9-4-5-11-8(9)6-7(2)10/h4-5,7,10H,3,6H2,1-2H3/q+1. The van der Waals surface area contributed by atoms with Gasteiger partial charge in [0.1, 0.15) is 6.54 Å². The molecule has 0 spiro atoms. The molecule has 2 nitrogen and oxygen atoms in total. The first-order valence-electron chi connectivity index (χ1n) is 3.88. The van der Waals surface area contributed by atoms with Crippen LogP contribution in [0.25, 0.3) is 0 Å². The van der Waals surface area contributed by atoms with Crippen molar-refractivity contribution in [2.45, 2.75) is 32.9 Å². The van der Waals surface area contributed by atoms with E-state index in [-0.39, 0.29) is 6.10 Å². The summed E-state index contributed by atoms with van der Waals surface area (Å²) >= 11 is 1.71. The van der Waals surface area contributed by atoms with E-state index < -0.39 is 0 Å². The molecule has 1 aromatic heterocycles. The third kappa shape index (κ3) is 2.27. The summed E-state index contributed by atoms with van der Waals surface area (Å²) in [5.41, 5.74) is 0. The Morgan fingerprint density at radius 2 is 2.45 bits per heavy atom. The monoisotopic (exact) mass is 172 g/mol. The van der Waals surface area contributed by atoms with Gasteiger partial charge >= 0.3 is 0 Å². The average molecular weight is 172 g/mol. The van der Waals surface area contributed by atoms with Crippen LogP contribution in [0.3, 0.4) is 0 Å². The minimum atomic E-state index is -0.230. The Morgan fingerprint density at radius 3 is 3.00 bits per heavy atom. The number of aromatic nitrogens is 1. The summed E-state index contributed by atoms with van der Waals surface area (Å²) in [6.45, 7) is 4.92. The average Bonchev–Trinajstić information content (AvgIpc) is 2.34. The van der Waals surface area contributed by atoms with Crippen LogP contribution in [0.4, 0.5) is 0 Å². The van der Waals surface area contributed by atoms with Crippen LogP contribution in [0.5, 0.6) is 0 Å². The van der Waals surface area contributed by atoms with E-state index in [9.17, 15) is 0 Å². The van der Waals surface area contributed by atoms with Crippen molar-refractivity contribution in [1.82, 2.24) is 0 Å². The number of hydrogen-bond donors (Lipinski definition) is 1. The number of aryl methyl sites for hydroxylation is 1. The zero-order valence-electron chi connectivity index (χ0n) is 6.95. The lowest BCUT2D eigenvalue weighted by Crippen LogP contribution is -2.34. The normalized spacial score (nSPS) is 13.4. The van der Waals surface area contributed by atoms with Crippen LogP contribution in [0.15, 0.2) is 11.6 Å². The molecule has 3 heteroatoms. The predicted octanol–water partition coefficient (Wildman–Crippen LogP) is 0.979. The molecule has 0 fully saturated rings. The smallest absolute Gasteiger partial charge is 0.239 e. The van der Waals surface area contributed by atoms with Gasteiger partial charge in [0, 0.05) is 0 Å². The van der Waals surface area contributed by atoms with Crippen LogP contribution in [-0.2, 0) is 13.0 Å². The number of nitrogens with zero attached hydrogens (tertiary/aromatic N) is 1. The molecule has 0 aliphatic heterocycles. The molecule has 0 aliphatic rings. The minimum absolute atomic E-state index is 0.230.